The zero-order chi connectivity index (χ0) is 12.4. The Labute approximate surface area is 105 Å². The van der Waals surface area contributed by atoms with Crippen molar-refractivity contribution in [2.45, 2.75) is 18.6 Å². The highest BCUT2D eigenvalue weighted by Gasteiger charge is 2.29. The fraction of sp³-hybridized carbons (Fsp3) is 0.462. The molecule has 1 unspecified atom stereocenters. The molecule has 0 spiro atoms. The average Bonchev–Trinajstić information content (AvgIpc) is 2.91. The van der Waals surface area contributed by atoms with Crippen molar-refractivity contribution in [1.29, 1.82) is 0 Å². The highest BCUT2D eigenvalue weighted by atomic mass is 16.6. The lowest BCUT2D eigenvalue weighted by atomic mass is 10.2. The third-order valence-corrected chi connectivity index (χ3v) is 3.21. The van der Waals surface area contributed by atoms with E-state index in [2.05, 4.69) is 10.6 Å². The van der Waals surface area contributed by atoms with Gasteiger partial charge in [-0.2, -0.15) is 0 Å². The van der Waals surface area contributed by atoms with E-state index in [9.17, 15) is 4.79 Å². The van der Waals surface area contributed by atoms with Crippen LogP contribution in [0.4, 0.5) is 0 Å². The van der Waals surface area contributed by atoms with Crippen LogP contribution in [-0.2, 0) is 4.79 Å². The van der Waals surface area contributed by atoms with Crippen LogP contribution in [-0.4, -0.2) is 37.7 Å². The first-order valence-electron chi connectivity index (χ1n) is 6.22. The Morgan fingerprint density at radius 3 is 2.94 bits per heavy atom. The van der Waals surface area contributed by atoms with Crippen LogP contribution in [0.1, 0.15) is 6.42 Å². The number of amides is 1. The maximum Gasteiger partial charge on any atom is 0.264 e. The van der Waals surface area contributed by atoms with Gasteiger partial charge in [0.1, 0.15) is 6.61 Å². The van der Waals surface area contributed by atoms with Gasteiger partial charge in [-0.3, -0.25) is 4.79 Å². The number of carbonyl (C=O) groups excluding carboxylic acids is 1. The number of nitrogens with one attached hydrogen (secondary N) is 2. The van der Waals surface area contributed by atoms with Gasteiger partial charge in [0, 0.05) is 12.6 Å². The van der Waals surface area contributed by atoms with Crippen LogP contribution in [0, 0.1) is 0 Å². The van der Waals surface area contributed by atoms with Crippen molar-refractivity contribution in [2.24, 2.45) is 0 Å². The second kappa shape index (κ2) is 4.86. The third-order valence-electron chi connectivity index (χ3n) is 3.21. The molecule has 96 valence electrons. The maximum absolute atomic E-state index is 12.0. The number of ether oxygens (including phenoxy) is 2. The molecule has 2 heterocycles. The predicted octanol–water partition coefficient (Wildman–Crippen LogP) is 0.304. The molecule has 2 aliphatic heterocycles. The smallest absolute Gasteiger partial charge is 0.264 e. The quantitative estimate of drug-likeness (QED) is 0.790. The van der Waals surface area contributed by atoms with Gasteiger partial charge in [0.05, 0.1) is 0 Å². The molecule has 1 aromatic carbocycles. The molecule has 3 rings (SSSR count). The van der Waals surface area contributed by atoms with E-state index in [1.165, 1.54) is 0 Å². The van der Waals surface area contributed by atoms with Crippen LogP contribution in [0.15, 0.2) is 24.3 Å². The lowest BCUT2D eigenvalue weighted by molar-refractivity contribution is -0.130. The minimum Gasteiger partial charge on any atom is -0.485 e. The molecule has 1 saturated heterocycles. The van der Waals surface area contributed by atoms with Crippen LogP contribution < -0.4 is 20.1 Å². The molecule has 0 saturated carbocycles. The molecule has 5 nitrogen and oxygen atoms in total. The highest BCUT2D eigenvalue weighted by molar-refractivity contribution is 5.82. The summed E-state index contributed by atoms with van der Waals surface area (Å²) in [5.41, 5.74) is 0. The van der Waals surface area contributed by atoms with E-state index in [-0.39, 0.29) is 18.6 Å². The summed E-state index contributed by atoms with van der Waals surface area (Å²) >= 11 is 0. The average molecular weight is 248 g/mol. The normalized spacial score (nSPS) is 25.8. The summed E-state index contributed by atoms with van der Waals surface area (Å²) < 4.78 is 11.2. The van der Waals surface area contributed by atoms with Crippen molar-refractivity contribution in [3.05, 3.63) is 24.3 Å². The summed E-state index contributed by atoms with van der Waals surface area (Å²) in [6, 6.07) is 7.60. The molecule has 0 aromatic heterocycles. The summed E-state index contributed by atoms with van der Waals surface area (Å²) in [7, 11) is 0. The Hall–Kier alpha value is -1.75. The van der Waals surface area contributed by atoms with Gasteiger partial charge in [0.15, 0.2) is 11.5 Å². The van der Waals surface area contributed by atoms with Crippen molar-refractivity contribution in [3.8, 4) is 11.5 Å². The number of hydrogen-bond donors (Lipinski definition) is 2. The molecular formula is C13H16N2O3. The van der Waals surface area contributed by atoms with Gasteiger partial charge in [-0.25, -0.2) is 0 Å². The largest absolute Gasteiger partial charge is 0.485 e. The zero-order valence-electron chi connectivity index (χ0n) is 10.0. The van der Waals surface area contributed by atoms with Crippen LogP contribution in [0.3, 0.4) is 0 Å². The topological polar surface area (TPSA) is 59.6 Å². The fourth-order valence-electron chi connectivity index (χ4n) is 2.22. The molecule has 0 radical (unpaired) electrons. The van der Waals surface area contributed by atoms with Crippen molar-refractivity contribution >= 4 is 5.91 Å². The summed E-state index contributed by atoms with van der Waals surface area (Å²) in [5.74, 6) is 1.23. The first-order valence-corrected chi connectivity index (χ1v) is 6.22. The van der Waals surface area contributed by atoms with Crippen LogP contribution in [0.25, 0.3) is 0 Å². The molecule has 0 bridgehead atoms. The molecule has 5 heteroatoms. The second-order valence-corrected chi connectivity index (χ2v) is 4.56. The van der Waals surface area contributed by atoms with Crippen LogP contribution in [0.2, 0.25) is 0 Å². The SMILES string of the molecule is O=C(N[C@@H]1CCNC1)C1COc2ccccc2O1. The molecule has 1 amide bonds. The first-order chi connectivity index (χ1) is 8.83. The minimum absolute atomic E-state index is 0.0989. The Kier molecular flexibility index (Phi) is 3.06. The van der Waals surface area contributed by atoms with Crippen molar-refractivity contribution < 1.29 is 14.3 Å². The van der Waals surface area contributed by atoms with Gasteiger partial charge in [-0.05, 0) is 25.1 Å². The van der Waals surface area contributed by atoms with Crippen LogP contribution >= 0.6 is 0 Å². The Balaban J connectivity index is 1.62. The predicted molar refractivity (Wildman–Crippen MR) is 65.8 cm³/mol. The van der Waals surface area contributed by atoms with E-state index in [4.69, 9.17) is 9.47 Å². The van der Waals surface area contributed by atoms with Gasteiger partial charge in [-0.15, -0.1) is 0 Å². The van der Waals surface area contributed by atoms with E-state index in [0.29, 0.717) is 11.5 Å². The van der Waals surface area contributed by atoms with Gasteiger partial charge in [-0.1, -0.05) is 12.1 Å². The molecule has 2 aliphatic rings. The van der Waals surface area contributed by atoms with Crippen LogP contribution in [0.5, 0.6) is 11.5 Å². The second-order valence-electron chi connectivity index (χ2n) is 4.56. The first kappa shape index (κ1) is 11.3. The molecule has 2 atom stereocenters. The van der Waals surface area contributed by atoms with E-state index in [0.717, 1.165) is 19.5 Å². The Bertz CT molecular complexity index is 444. The fourth-order valence-corrected chi connectivity index (χ4v) is 2.22. The molecule has 1 fully saturated rings. The van der Waals surface area contributed by atoms with Crippen molar-refractivity contribution in [2.75, 3.05) is 19.7 Å². The van der Waals surface area contributed by atoms with E-state index in [1.807, 2.05) is 24.3 Å². The molecular weight excluding hydrogens is 232 g/mol. The Morgan fingerprint density at radius 1 is 1.33 bits per heavy atom. The number of carbonyl (C=O) groups is 1. The minimum atomic E-state index is -0.555. The van der Waals surface area contributed by atoms with Gasteiger partial charge in [0.25, 0.3) is 5.91 Å². The number of fused-ring (bicyclic) bond motifs is 1. The Morgan fingerprint density at radius 2 is 2.17 bits per heavy atom. The number of hydrogen-bond acceptors (Lipinski definition) is 4. The summed E-state index contributed by atoms with van der Waals surface area (Å²) in [6.07, 6.45) is 0.413. The van der Waals surface area contributed by atoms with Crippen molar-refractivity contribution in [1.82, 2.24) is 10.6 Å². The van der Waals surface area contributed by atoms with Gasteiger partial charge >= 0.3 is 0 Å². The molecule has 18 heavy (non-hydrogen) atoms. The number of benzene rings is 1. The third kappa shape index (κ3) is 2.26. The highest BCUT2D eigenvalue weighted by Crippen LogP contribution is 2.30. The molecule has 2 N–H and O–H groups in total. The lowest BCUT2D eigenvalue weighted by Crippen LogP contribution is -2.48. The van der Waals surface area contributed by atoms with Crippen molar-refractivity contribution in [3.63, 3.8) is 0 Å². The summed E-state index contributed by atoms with van der Waals surface area (Å²) in [6.45, 7) is 2.05. The zero-order valence-corrected chi connectivity index (χ0v) is 10.0. The van der Waals surface area contributed by atoms with E-state index >= 15 is 0 Å². The van der Waals surface area contributed by atoms with E-state index < -0.39 is 6.10 Å². The van der Waals surface area contributed by atoms with E-state index in [1.54, 1.807) is 0 Å². The maximum atomic E-state index is 12.0. The standard InChI is InChI=1S/C13H16N2O3/c16-13(15-9-5-6-14-7-9)12-8-17-10-3-1-2-4-11(10)18-12/h1-4,9,12,14H,5-8H2,(H,15,16)/t9-,12?/m1/s1. The number of rotatable bonds is 2. The molecule has 0 aliphatic carbocycles. The lowest BCUT2D eigenvalue weighted by Gasteiger charge is -2.26. The number of para-hydroxylation sites is 2. The summed E-state index contributed by atoms with van der Waals surface area (Å²) in [5, 5.41) is 6.18. The van der Waals surface area contributed by atoms with Gasteiger partial charge < -0.3 is 20.1 Å². The monoisotopic (exact) mass is 248 g/mol. The summed E-state index contributed by atoms with van der Waals surface area (Å²) in [4.78, 5) is 12.0. The van der Waals surface area contributed by atoms with Gasteiger partial charge in [0.2, 0.25) is 6.10 Å². The molecule has 1 aromatic rings.